The molecule has 3 rings (SSSR count). The molecular weight excluding hydrogens is 276 g/mol. The topological polar surface area (TPSA) is 49.4 Å². The van der Waals surface area contributed by atoms with Gasteiger partial charge in [-0.05, 0) is 43.4 Å². The van der Waals surface area contributed by atoms with E-state index in [4.69, 9.17) is 11.6 Å². The molecule has 5 heteroatoms. The highest BCUT2D eigenvalue weighted by Crippen LogP contribution is 2.36. The van der Waals surface area contributed by atoms with Crippen LogP contribution in [0.4, 0.5) is 5.69 Å². The number of rotatable bonds is 2. The largest absolute Gasteiger partial charge is 0.344 e. The summed E-state index contributed by atoms with van der Waals surface area (Å²) in [6.45, 7) is 2.35. The van der Waals surface area contributed by atoms with Crippen LogP contribution >= 0.6 is 11.6 Å². The van der Waals surface area contributed by atoms with Crippen molar-refractivity contribution >= 4 is 29.1 Å². The Morgan fingerprint density at radius 2 is 2.05 bits per heavy atom. The second-order valence-corrected chi connectivity index (χ2v) is 5.98. The van der Waals surface area contributed by atoms with Gasteiger partial charge in [-0.15, -0.1) is 0 Å². The maximum atomic E-state index is 12.7. The van der Waals surface area contributed by atoms with Gasteiger partial charge in [-0.3, -0.25) is 9.59 Å². The zero-order chi connectivity index (χ0) is 14.3. The van der Waals surface area contributed by atoms with Crippen molar-refractivity contribution in [3.63, 3.8) is 0 Å². The van der Waals surface area contributed by atoms with Gasteiger partial charge in [-0.25, -0.2) is 0 Å². The van der Waals surface area contributed by atoms with Crippen molar-refractivity contribution in [3.8, 4) is 0 Å². The summed E-state index contributed by atoms with van der Waals surface area (Å²) in [5.74, 6) is 0.197. The lowest BCUT2D eigenvalue weighted by Crippen LogP contribution is -2.46. The minimum absolute atomic E-state index is 0.0362. The number of aryl methyl sites for hydroxylation is 1. The van der Waals surface area contributed by atoms with E-state index in [1.165, 1.54) is 0 Å². The molecule has 0 aromatic heterocycles. The average molecular weight is 293 g/mol. The Morgan fingerprint density at radius 1 is 1.30 bits per heavy atom. The van der Waals surface area contributed by atoms with E-state index < -0.39 is 0 Å². The molecular formula is C15H17ClN2O2. The monoisotopic (exact) mass is 292 g/mol. The standard InChI is InChI=1S/C15H17ClN2O2/c1-9-2-5-11(16)12(8-9)18-7-6-13(19)17-14(15(18)20)10-3-4-10/h2,5,8,10,14H,3-4,6-7H2,1H3,(H,17,19). The van der Waals surface area contributed by atoms with Gasteiger partial charge in [0.1, 0.15) is 6.04 Å². The molecule has 1 aliphatic heterocycles. The zero-order valence-corrected chi connectivity index (χ0v) is 12.1. The minimum Gasteiger partial charge on any atom is -0.344 e. The van der Waals surface area contributed by atoms with Gasteiger partial charge in [-0.1, -0.05) is 17.7 Å². The molecule has 0 spiro atoms. The first kappa shape index (κ1) is 13.4. The van der Waals surface area contributed by atoms with E-state index in [9.17, 15) is 9.59 Å². The molecule has 1 aromatic carbocycles. The SMILES string of the molecule is Cc1ccc(Cl)c(N2CCC(=O)NC(C3CC3)C2=O)c1. The van der Waals surface area contributed by atoms with Crippen LogP contribution in [-0.4, -0.2) is 24.4 Å². The van der Waals surface area contributed by atoms with E-state index in [2.05, 4.69) is 5.32 Å². The molecule has 1 saturated carbocycles. The molecule has 2 aliphatic rings. The number of amides is 2. The van der Waals surface area contributed by atoms with Crippen molar-refractivity contribution < 1.29 is 9.59 Å². The summed E-state index contributed by atoms with van der Waals surface area (Å²) in [4.78, 5) is 26.1. The first-order valence-electron chi connectivity index (χ1n) is 6.93. The summed E-state index contributed by atoms with van der Waals surface area (Å²) in [5, 5.41) is 3.40. The summed E-state index contributed by atoms with van der Waals surface area (Å²) in [5.41, 5.74) is 1.75. The molecule has 106 valence electrons. The minimum atomic E-state index is -0.387. The second kappa shape index (κ2) is 5.09. The van der Waals surface area contributed by atoms with E-state index in [1.54, 1.807) is 11.0 Å². The molecule has 1 unspecified atom stereocenters. The highest BCUT2D eigenvalue weighted by Gasteiger charge is 2.41. The van der Waals surface area contributed by atoms with E-state index >= 15 is 0 Å². The summed E-state index contributed by atoms with van der Waals surface area (Å²) in [6, 6.07) is 5.23. The number of carbonyl (C=O) groups excluding carboxylic acids is 2. The Morgan fingerprint density at radius 3 is 2.75 bits per heavy atom. The fraction of sp³-hybridized carbons (Fsp3) is 0.467. The lowest BCUT2D eigenvalue weighted by Gasteiger charge is -2.25. The molecule has 0 bridgehead atoms. The number of benzene rings is 1. The van der Waals surface area contributed by atoms with Crippen LogP contribution in [0.15, 0.2) is 18.2 Å². The van der Waals surface area contributed by atoms with Crippen LogP contribution in [-0.2, 0) is 9.59 Å². The van der Waals surface area contributed by atoms with Crippen molar-refractivity contribution in [3.05, 3.63) is 28.8 Å². The van der Waals surface area contributed by atoms with Crippen LogP contribution < -0.4 is 10.2 Å². The molecule has 1 aliphatic carbocycles. The Bertz CT molecular complexity index is 569. The highest BCUT2D eigenvalue weighted by molar-refractivity contribution is 6.34. The molecule has 1 aromatic rings. The van der Waals surface area contributed by atoms with Gasteiger partial charge in [-0.2, -0.15) is 0 Å². The van der Waals surface area contributed by atoms with Crippen molar-refractivity contribution in [1.29, 1.82) is 0 Å². The highest BCUT2D eigenvalue weighted by atomic mass is 35.5. The van der Waals surface area contributed by atoms with Crippen LogP contribution in [0.25, 0.3) is 0 Å². The summed E-state index contributed by atoms with van der Waals surface area (Å²) in [6.07, 6.45) is 2.33. The summed E-state index contributed by atoms with van der Waals surface area (Å²) in [7, 11) is 0. The van der Waals surface area contributed by atoms with Gasteiger partial charge in [0.15, 0.2) is 0 Å². The lowest BCUT2D eigenvalue weighted by molar-refractivity contribution is -0.126. The first-order chi connectivity index (χ1) is 9.56. The van der Waals surface area contributed by atoms with Crippen LogP contribution in [0, 0.1) is 12.8 Å². The second-order valence-electron chi connectivity index (χ2n) is 5.58. The van der Waals surface area contributed by atoms with Crippen molar-refractivity contribution in [1.82, 2.24) is 5.32 Å². The first-order valence-corrected chi connectivity index (χ1v) is 7.31. The lowest BCUT2D eigenvalue weighted by atomic mass is 10.1. The molecule has 2 amide bonds. The maximum Gasteiger partial charge on any atom is 0.249 e. The quantitative estimate of drug-likeness (QED) is 0.909. The van der Waals surface area contributed by atoms with Gasteiger partial charge < -0.3 is 10.2 Å². The molecule has 2 fully saturated rings. The number of nitrogens with zero attached hydrogens (tertiary/aromatic N) is 1. The fourth-order valence-corrected chi connectivity index (χ4v) is 2.84. The van der Waals surface area contributed by atoms with E-state index in [0.717, 1.165) is 18.4 Å². The van der Waals surface area contributed by atoms with Crippen molar-refractivity contribution in [2.75, 3.05) is 11.4 Å². The number of carbonyl (C=O) groups is 2. The summed E-state index contributed by atoms with van der Waals surface area (Å²) < 4.78 is 0. The van der Waals surface area contributed by atoms with Crippen molar-refractivity contribution in [2.24, 2.45) is 5.92 Å². The number of hydrogen-bond acceptors (Lipinski definition) is 2. The van der Waals surface area contributed by atoms with Crippen LogP contribution in [0.5, 0.6) is 0 Å². The fourth-order valence-electron chi connectivity index (χ4n) is 2.62. The summed E-state index contributed by atoms with van der Waals surface area (Å²) >= 11 is 6.23. The third-order valence-corrected chi connectivity index (χ3v) is 4.22. The number of anilines is 1. The molecule has 1 saturated heterocycles. The number of hydrogen-bond donors (Lipinski definition) is 1. The third kappa shape index (κ3) is 2.52. The molecule has 4 nitrogen and oxygen atoms in total. The van der Waals surface area contributed by atoms with E-state index in [-0.39, 0.29) is 23.8 Å². The molecule has 1 N–H and O–H groups in total. The normalized spacial score (nSPS) is 23.5. The van der Waals surface area contributed by atoms with Gasteiger partial charge in [0.25, 0.3) is 0 Å². The van der Waals surface area contributed by atoms with Gasteiger partial charge in [0.2, 0.25) is 11.8 Å². The van der Waals surface area contributed by atoms with Gasteiger partial charge in [0.05, 0.1) is 10.7 Å². The molecule has 1 atom stereocenters. The van der Waals surface area contributed by atoms with Gasteiger partial charge >= 0.3 is 0 Å². The maximum absolute atomic E-state index is 12.7. The van der Waals surface area contributed by atoms with Crippen molar-refractivity contribution in [2.45, 2.75) is 32.2 Å². The Hall–Kier alpha value is -1.55. The third-order valence-electron chi connectivity index (χ3n) is 3.90. The number of nitrogens with one attached hydrogen (secondary N) is 1. The predicted octanol–water partition coefficient (Wildman–Crippen LogP) is 2.28. The van der Waals surface area contributed by atoms with Crippen LogP contribution in [0.1, 0.15) is 24.8 Å². The Labute approximate surface area is 123 Å². The average Bonchev–Trinajstić information content (AvgIpc) is 3.23. The molecule has 0 radical (unpaired) electrons. The van der Waals surface area contributed by atoms with Crippen LogP contribution in [0.3, 0.4) is 0 Å². The Balaban J connectivity index is 1.96. The predicted molar refractivity (Wildman–Crippen MR) is 77.8 cm³/mol. The smallest absolute Gasteiger partial charge is 0.249 e. The van der Waals surface area contributed by atoms with E-state index in [1.807, 2.05) is 19.1 Å². The molecule has 1 heterocycles. The zero-order valence-electron chi connectivity index (χ0n) is 11.4. The Kier molecular flexibility index (Phi) is 3.42. The van der Waals surface area contributed by atoms with E-state index in [0.29, 0.717) is 23.7 Å². The van der Waals surface area contributed by atoms with Crippen LogP contribution in [0.2, 0.25) is 5.02 Å². The number of halogens is 1. The molecule has 20 heavy (non-hydrogen) atoms. The van der Waals surface area contributed by atoms with Gasteiger partial charge in [0, 0.05) is 13.0 Å².